The van der Waals surface area contributed by atoms with E-state index in [1.807, 2.05) is 5.43 Å². The van der Waals surface area contributed by atoms with Crippen LogP contribution in [0.4, 0.5) is 18.9 Å². The summed E-state index contributed by atoms with van der Waals surface area (Å²) in [6.45, 7) is 1.68. The Morgan fingerprint density at radius 1 is 1.00 bits per heavy atom. The third kappa shape index (κ3) is 4.56. The SMILES string of the molecule is COC(=O)[C@@](NNc1ccccc1)(NC(=O)c1cccc(C)c1)C(F)(F)F. The first-order valence-corrected chi connectivity index (χ1v) is 7.82. The van der Waals surface area contributed by atoms with Crippen LogP contribution in [0.15, 0.2) is 54.6 Å². The van der Waals surface area contributed by atoms with Crippen molar-refractivity contribution in [1.82, 2.24) is 10.7 Å². The predicted molar refractivity (Wildman–Crippen MR) is 92.6 cm³/mol. The number of carbonyl (C=O) groups excluding carboxylic acids is 2. The van der Waals surface area contributed by atoms with Crippen LogP contribution in [0.5, 0.6) is 0 Å². The molecule has 0 saturated carbocycles. The lowest BCUT2D eigenvalue weighted by Crippen LogP contribution is -2.73. The Bertz CT molecular complexity index is 812. The number of carbonyl (C=O) groups is 2. The molecule has 2 rings (SSSR count). The fraction of sp³-hybridized carbons (Fsp3) is 0.222. The number of hydrogen-bond acceptors (Lipinski definition) is 5. The van der Waals surface area contributed by atoms with Gasteiger partial charge in [-0.2, -0.15) is 18.6 Å². The average Bonchev–Trinajstić information content (AvgIpc) is 2.64. The van der Waals surface area contributed by atoms with Crippen LogP contribution in [-0.2, 0) is 9.53 Å². The molecule has 2 aromatic carbocycles. The molecule has 0 aliphatic heterocycles. The molecule has 0 aromatic heterocycles. The summed E-state index contributed by atoms with van der Waals surface area (Å²) in [6, 6.07) is 13.7. The number of benzene rings is 2. The zero-order valence-corrected chi connectivity index (χ0v) is 14.6. The Morgan fingerprint density at radius 2 is 1.67 bits per heavy atom. The van der Waals surface area contributed by atoms with Gasteiger partial charge in [-0.1, -0.05) is 35.9 Å². The molecule has 1 amide bonds. The number of halogens is 3. The summed E-state index contributed by atoms with van der Waals surface area (Å²) in [4.78, 5) is 24.5. The van der Waals surface area contributed by atoms with Gasteiger partial charge in [-0.05, 0) is 31.2 Å². The molecule has 0 heterocycles. The van der Waals surface area contributed by atoms with Gasteiger partial charge in [-0.15, -0.1) is 0 Å². The highest BCUT2D eigenvalue weighted by atomic mass is 19.4. The molecule has 0 aliphatic carbocycles. The fourth-order valence-electron chi connectivity index (χ4n) is 2.26. The van der Waals surface area contributed by atoms with Crippen molar-refractivity contribution < 1.29 is 27.5 Å². The van der Waals surface area contributed by atoms with Crippen LogP contribution in [0.3, 0.4) is 0 Å². The second kappa shape index (κ2) is 8.09. The Balaban J connectivity index is 2.38. The molecule has 144 valence electrons. The van der Waals surface area contributed by atoms with E-state index in [2.05, 4.69) is 10.2 Å². The lowest BCUT2D eigenvalue weighted by atomic mass is 10.1. The van der Waals surface area contributed by atoms with Crippen LogP contribution < -0.4 is 16.2 Å². The molecule has 3 N–H and O–H groups in total. The molecule has 0 aliphatic rings. The number of ether oxygens (including phenoxy) is 1. The number of hydrazine groups is 1. The third-order valence-electron chi connectivity index (χ3n) is 3.67. The van der Waals surface area contributed by atoms with E-state index in [4.69, 9.17) is 0 Å². The minimum absolute atomic E-state index is 0.0333. The van der Waals surface area contributed by atoms with Crippen LogP contribution in [-0.4, -0.2) is 30.8 Å². The van der Waals surface area contributed by atoms with Crippen LogP contribution in [0, 0.1) is 6.92 Å². The van der Waals surface area contributed by atoms with Crippen LogP contribution in [0.25, 0.3) is 0 Å². The standard InChI is InChI=1S/C18H18F3N3O3/c1-12-7-6-8-13(11-12)15(25)22-17(16(26)27-2,18(19,20)21)24-23-14-9-4-3-5-10-14/h3-11,23-24H,1-2H3,(H,22,25)/t17-/m0/s1. The zero-order chi connectivity index (χ0) is 20.1. The van der Waals surface area contributed by atoms with Crippen molar-refractivity contribution in [2.45, 2.75) is 18.8 Å². The number of methoxy groups -OCH3 is 1. The Labute approximate surface area is 153 Å². The number of nitrogens with one attached hydrogen (secondary N) is 3. The summed E-state index contributed by atoms with van der Waals surface area (Å²) in [7, 11) is 0.797. The number of hydrogen-bond donors (Lipinski definition) is 3. The molecular formula is C18H18F3N3O3. The largest absolute Gasteiger partial charge is 0.466 e. The van der Waals surface area contributed by atoms with E-state index in [1.165, 1.54) is 30.3 Å². The molecule has 0 unspecified atom stereocenters. The van der Waals surface area contributed by atoms with Gasteiger partial charge in [0.15, 0.2) is 0 Å². The summed E-state index contributed by atoms with van der Waals surface area (Å²) in [5, 5.41) is 1.72. The normalized spacial score (nSPS) is 13.4. The second-order valence-corrected chi connectivity index (χ2v) is 5.68. The van der Waals surface area contributed by atoms with Crippen molar-refractivity contribution in [3.8, 4) is 0 Å². The minimum atomic E-state index is -5.21. The smallest absolute Gasteiger partial charge is 0.438 e. The third-order valence-corrected chi connectivity index (χ3v) is 3.67. The van der Waals surface area contributed by atoms with Crippen molar-refractivity contribution in [1.29, 1.82) is 0 Å². The van der Waals surface area contributed by atoms with Crippen LogP contribution in [0.2, 0.25) is 0 Å². The average molecular weight is 381 g/mol. The van der Waals surface area contributed by atoms with Crippen LogP contribution >= 0.6 is 0 Å². The molecule has 0 radical (unpaired) electrons. The van der Waals surface area contributed by atoms with E-state index in [0.29, 0.717) is 5.56 Å². The Hall–Kier alpha value is -3.07. The van der Waals surface area contributed by atoms with E-state index >= 15 is 0 Å². The number of alkyl halides is 3. The number of para-hydroxylation sites is 1. The quantitative estimate of drug-likeness (QED) is 0.407. The maximum atomic E-state index is 13.9. The number of anilines is 1. The molecule has 0 saturated heterocycles. The number of aryl methyl sites for hydroxylation is 1. The summed E-state index contributed by atoms with van der Waals surface area (Å²) < 4.78 is 45.9. The maximum Gasteiger partial charge on any atom is 0.438 e. The lowest BCUT2D eigenvalue weighted by Gasteiger charge is -2.34. The molecule has 2 aromatic rings. The first-order valence-electron chi connectivity index (χ1n) is 7.82. The van der Waals surface area contributed by atoms with Gasteiger partial charge in [0.25, 0.3) is 5.91 Å². The van der Waals surface area contributed by atoms with Crippen molar-refractivity contribution in [3.63, 3.8) is 0 Å². The molecule has 0 spiro atoms. The topological polar surface area (TPSA) is 79.5 Å². The number of rotatable bonds is 6. The highest BCUT2D eigenvalue weighted by Crippen LogP contribution is 2.30. The molecule has 0 fully saturated rings. The van der Waals surface area contributed by atoms with Gasteiger partial charge in [0.2, 0.25) is 0 Å². The van der Waals surface area contributed by atoms with Gasteiger partial charge in [0, 0.05) is 11.3 Å². The maximum absolute atomic E-state index is 13.9. The second-order valence-electron chi connectivity index (χ2n) is 5.68. The van der Waals surface area contributed by atoms with Crippen LogP contribution in [0.1, 0.15) is 15.9 Å². The highest BCUT2D eigenvalue weighted by molar-refractivity contribution is 5.98. The van der Waals surface area contributed by atoms with Gasteiger partial charge in [-0.25, -0.2) is 4.79 Å². The fourth-order valence-corrected chi connectivity index (χ4v) is 2.26. The molecule has 0 bridgehead atoms. The van der Waals surface area contributed by atoms with Crippen molar-refractivity contribution in [2.75, 3.05) is 12.5 Å². The van der Waals surface area contributed by atoms with E-state index < -0.39 is 23.7 Å². The first-order chi connectivity index (χ1) is 12.7. The first kappa shape index (κ1) is 20.2. The van der Waals surface area contributed by atoms with Gasteiger partial charge >= 0.3 is 17.8 Å². The Morgan fingerprint density at radius 3 is 2.22 bits per heavy atom. The van der Waals surface area contributed by atoms with Gasteiger partial charge < -0.3 is 15.5 Å². The molecule has 27 heavy (non-hydrogen) atoms. The van der Waals surface area contributed by atoms with Gasteiger partial charge in [0.05, 0.1) is 7.11 Å². The Kier molecular flexibility index (Phi) is 6.06. The molecule has 1 atom stereocenters. The minimum Gasteiger partial charge on any atom is -0.466 e. The summed E-state index contributed by atoms with van der Waals surface area (Å²) in [6.07, 6.45) is -5.21. The van der Waals surface area contributed by atoms with Gasteiger partial charge in [0.1, 0.15) is 0 Å². The summed E-state index contributed by atoms with van der Waals surface area (Å²) >= 11 is 0. The number of esters is 1. The van der Waals surface area contributed by atoms with E-state index in [1.54, 1.807) is 36.5 Å². The lowest BCUT2D eigenvalue weighted by molar-refractivity contribution is -0.215. The molecule has 6 nitrogen and oxygen atoms in total. The van der Waals surface area contributed by atoms with E-state index in [0.717, 1.165) is 7.11 Å². The summed E-state index contributed by atoms with van der Waals surface area (Å²) in [5.74, 6) is -2.82. The highest BCUT2D eigenvalue weighted by Gasteiger charge is 2.63. The monoisotopic (exact) mass is 381 g/mol. The van der Waals surface area contributed by atoms with Crippen molar-refractivity contribution >= 4 is 17.6 Å². The van der Waals surface area contributed by atoms with Crippen molar-refractivity contribution in [3.05, 3.63) is 65.7 Å². The van der Waals surface area contributed by atoms with E-state index in [9.17, 15) is 22.8 Å². The van der Waals surface area contributed by atoms with Crippen molar-refractivity contribution in [2.24, 2.45) is 0 Å². The summed E-state index contributed by atoms with van der Waals surface area (Å²) in [5.41, 5.74) is 1.55. The van der Waals surface area contributed by atoms with E-state index in [-0.39, 0.29) is 11.3 Å². The molecular weight excluding hydrogens is 363 g/mol. The number of amides is 1. The predicted octanol–water partition coefficient (Wildman–Crippen LogP) is 2.77. The zero-order valence-electron chi connectivity index (χ0n) is 14.6. The van der Waals surface area contributed by atoms with Gasteiger partial charge in [-0.3, -0.25) is 4.79 Å². The molecule has 9 heteroatoms.